The van der Waals surface area contributed by atoms with E-state index in [-0.39, 0.29) is 10.6 Å². The minimum absolute atomic E-state index is 0.269. The number of alkyl halides is 3. The molecule has 1 aliphatic heterocycles. The van der Waals surface area contributed by atoms with Crippen LogP contribution in [0.4, 0.5) is 17.6 Å². The molecule has 0 bridgehead atoms. The van der Waals surface area contributed by atoms with Crippen LogP contribution in [0.15, 0.2) is 24.8 Å². The van der Waals surface area contributed by atoms with E-state index in [1.54, 1.807) is 6.08 Å². The van der Waals surface area contributed by atoms with Crippen molar-refractivity contribution in [1.29, 1.82) is 0 Å². The van der Waals surface area contributed by atoms with Gasteiger partial charge < -0.3 is 5.32 Å². The third-order valence-corrected chi connectivity index (χ3v) is 4.79. The van der Waals surface area contributed by atoms with E-state index in [9.17, 15) is 17.6 Å². The van der Waals surface area contributed by atoms with E-state index in [1.807, 2.05) is 4.90 Å². The molecule has 1 N–H and O–H groups in total. The Bertz CT molecular complexity index is 583. The Kier molecular flexibility index (Phi) is 7.28. The molecule has 0 aliphatic carbocycles. The highest BCUT2D eigenvalue weighted by Crippen LogP contribution is 2.41. The molecule has 0 radical (unpaired) electrons. The summed E-state index contributed by atoms with van der Waals surface area (Å²) >= 11 is 5.82. The van der Waals surface area contributed by atoms with Crippen LogP contribution in [0.25, 0.3) is 0 Å². The minimum atomic E-state index is -4.62. The van der Waals surface area contributed by atoms with Crippen molar-refractivity contribution in [3.63, 3.8) is 0 Å². The van der Waals surface area contributed by atoms with E-state index < -0.39 is 23.6 Å². The van der Waals surface area contributed by atoms with Crippen LogP contribution in [-0.4, -0.2) is 31.1 Å². The molecule has 1 heterocycles. The Morgan fingerprint density at radius 3 is 2.52 bits per heavy atom. The van der Waals surface area contributed by atoms with Gasteiger partial charge in [0.1, 0.15) is 5.82 Å². The molecule has 1 fully saturated rings. The predicted octanol–water partition coefficient (Wildman–Crippen LogP) is 5.19. The van der Waals surface area contributed by atoms with Crippen LogP contribution in [0.5, 0.6) is 0 Å². The smallest absolute Gasteiger partial charge is 0.314 e. The van der Waals surface area contributed by atoms with Gasteiger partial charge >= 0.3 is 6.18 Å². The highest BCUT2D eigenvalue weighted by molar-refractivity contribution is 6.30. The maximum absolute atomic E-state index is 14.7. The van der Waals surface area contributed by atoms with Gasteiger partial charge in [0.05, 0.1) is 10.6 Å². The van der Waals surface area contributed by atoms with Gasteiger partial charge in [-0.3, -0.25) is 4.90 Å². The molecule has 1 saturated heterocycles. The lowest BCUT2D eigenvalue weighted by Crippen LogP contribution is -2.45. The Morgan fingerprint density at radius 1 is 1.24 bits per heavy atom. The van der Waals surface area contributed by atoms with Gasteiger partial charge in [-0.25, -0.2) is 4.39 Å². The van der Waals surface area contributed by atoms with E-state index in [1.165, 1.54) is 0 Å². The van der Waals surface area contributed by atoms with E-state index in [4.69, 9.17) is 11.6 Å². The average Bonchev–Trinajstić information content (AvgIpc) is 2.58. The summed E-state index contributed by atoms with van der Waals surface area (Å²) in [5, 5.41) is 2.90. The average molecular weight is 379 g/mol. The Hall–Kier alpha value is -1.11. The molecule has 2 nitrogen and oxygen atoms in total. The van der Waals surface area contributed by atoms with Gasteiger partial charge in [0.2, 0.25) is 0 Å². The van der Waals surface area contributed by atoms with Crippen LogP contribution in [0.2, 0.25) is 5.02 Å². The van der Waals surface area contributed by atoms with Crippen molar-refractivity contribution >= 4 is 11.6 Å². The molecule has 7 heteroatoms. The summed E-state index contributed by atoms with van der Waals surface area (Å²) in [7, 11) is 0. The Labute approximate surface area is 150 Å². The zero-order chi connectivity index (χ0) is 18.4. The van der Waals surface area contributed by atoms with Crippen LogP contribution in [0, 0.1) is 5.82 Å². The van der Waals surface area contributed by atoms with Crippen molar-refractivity contribution in [1.82, 2.24) is 10.2 Å². The molecule has 1 aromatic rings. The maximum Gasteiger partial charge on any atom is 0.416 e. The van der Waals surface area contributed by atoms with Gasteiger partial charge in [-0.2, -0.15) is 13.2 Å². The molecule has 0 aromatic heterocycles. The summed E-state index contributed by atoms with van der Waals surface area (Å²) in [5.74, 6) is -0.955. The van der Waals surface area contributed by atoms with Gasteiger partial charge in [0.15, 0.2) is 0 Å². The lowest BCUT2D eigenvalue weighted by molar-refractivity contribution is -0.139. The lowest BCUT2D eigenvalue weighted by atomic mass is 9.93. The number of piperazine rings is 1. The summed E-state index contributed by atoms with van der Waals surface area (Å²) in [6.07, 6.45) is -0.0821. The molecule has 140 valence electrons. The topological polar surface area (TPSA) is 15.3 Å². The van der Waals surface area contributed by atoms with Crippen molar-refractivity contribution < 1.29 is 17.6 Å². The van der Waals surface area contributed by atoms with Gasteiger partial charge in [-0.05, 0) is 31.4 Å². The second-order valence-corrected chi connectivity index (χ2v) is 6.60. The molecular formula is C18H23ClF4N2. The van der Waals surface area contributed by atoms with E-state index in [2.05, 4.69) is 11.9 Å². The molecule has 1 aliphatic rings. The van der Waals surface area contributed by atoms with Crippen molar-refractivity contribution in [2.45, 2.75) is 37.9 Å². The molecule has 0 unspecified atom stereocenters. The second-order valence-electron chi connectivity index (χ2n) is 6.20. The van der Waals surface area contributed by atoms with Gasteiger partial charge in [0.25, 0.3) is 0 Å². The molecule has 1 atom stereocenters. The monoisotopic (exact) mass is 378 g/mol. The fourth-order valence-electron chi connectivity index (χ4n) is 3.27. The molecule has 2 rings (SSSR count). The zero-order valence-electron chi connectivity index (χ0n) is 14.0. The number of nitrogens with zero attached hydrogens (tertiary/aromatic N) is 1. The number of hydrogen-bond donors (Lipinski definition) is 1. The number of unbranched alkanes of at least 4 members (excludes halogenated alkanes) is 2. The van der Waals surface area contributed by atoms with Gasteiger partial charge in [0, 0.05) is 37.8 Å². The molecule has 1 aromatic carbocycles. The largest absolute Gasteiger partial charge is 0.416 e. The highest BCUT2D eigenvalue weighted by Gasteiger charge is 2.39. The minimum Gasteiger partial charge on any atom is -0.314 e. The van der Waals surface area contributed by atoms with Crippen LogP contribution < -0.4 is 5.32 Å². The molecule has 25 heavy (non-hydrogen) atoms. The summed E-state index contributed by atoms with van der Waals surface area (Å²) in [6, 6.07) is 1.23. The van der Waals surface area contributed by atoms with Crippen LogP contribution in [-0.2, 0) is 6.18 Å². The predicted molar refractivity (Wildman–Crippen MR) is 92.3 cm³/mol. The first kappa shape index (κ1) is 20.2. The third kappa shape index (κ3) is 5.19. The normalized spacial score (nSPS) is 17.5. The van der Waals surface area contributed by atoms with Crippen LogP contribution >= 0.6 is 11.6 Å². The second kappa shape index (κ2) is 9.01. The van der Waals surface area contributed by atoms with E-state index >= 15 is 0 Å². The van der Waals surface area contributed by atoms with Crippen molar-refractivity contribution in [3.05, 3.63) is 46.8 Å². The molecule has 0 saturated carbocycles. The fourth-order valence-corrected chi connectivity index (χ4v) is 3.43. The highest BCUT2D eigenvalue weighted by atomic mass is 35.5. The molecular weight excluding hydrogens is 356 g/mol. The number of rotatable bonds is 7. The SMILES string of the molecule is C=CCCCC[C@H](c1c(C(F)(F)F)ccc(Cl)c1F)N1CCNCC1. The summed E-state index contributed by atoms with van der Waals surface area (Å²) < 4.78 is 55.1. The first-order valence-electron chi connectivity index (χ1n) is 8.47. The Balaban J connectivity index is 2.40. The number of nitrogens with one attached hydrogen (secondary N) is 1. The molecule has 0 amide bonds. The van der Waals surface area contributed by atoms with Crippen molar-refractivity contribution in [2.75, 3.05) is 26.2 Å². The molecule has 0 spiro atoms. The van der Waals surface area contributed by atoms with E-state index in [0.717, 1.165) is 25.0 Å². The fraction of sp³-hybridized carbons (Fsp3) is 0.556. The standard InChI is InChI=1S/C18H23ClF4N2/c1-2-3-4-5-6-15(25-11-9-24-10-12-25)16-13(18(21,22)23)7-8-14(19)17(16)20/h2,7-8,15,24H,1,3-6,9-12H2/t15-/m1/s1. The van der Waals surface area contributed by atoms with Crippen molar-refractivity contribution in [2.24, 2.45) is 0 Å². The summed E-state index contributed by atoms with van der Waals surface area (Å²) in [6.45, 7) is 6.16. The van der Waals surface area contributed by atoms with Crippen molar-refractivity contribution in [3.8, 4) is 0 Å². The quantitative estimate of drug-likeness (QED) is 0.399. The Morgan fingerprint density at radius 2 is 1.92 bits per heavy atom. The number of hydrogen-bond acceptors (Lipinski definition) is 2. The number of allylic oxidation sites excluding steroid dienone is 1. The van der Waals surface area contributed by atoms with Crippen LogP contribution in [0.3, 0.4) is 0 Å². The zero-order valence-corrected chi connectivity index (χ0v) is 14.8. The summed E-state index contributed by atoms with van der Waals surface area (Å²) in [4.78, 5) is 1.92. The first-order valence-corrected chi connectivity index (χ1v) is 8.84. The van der Waals surface area contributed by atoms with Gasteiger partial charge in [-0.15, -0.1) is 6.58 Å². The summed E-state index contributed by atoms with van der Waals surface area (Å²) in [5.41, 5.74) is -1.25. The van der Waals surface area contributed by atoms with Gasteiger partial charge in [-0.1, -0.05) is 24.1 Å². The number of halogens is 5. The lowest BCUT2D eigenvalue weighted by Gasteiger charge is -2.36. The maximum atomic E-state index is 14.7. The first-order chi connectivity index (χ1) is 11.9. The number of benzene rings is 1. The van der Waals surface area contributed by atoms with Crippen LogP contribution in [0.1, 0.15) is 42.9 Å². The van der Waals surface area contributed by atoms with E-state index in [0.29, 0.717) is 39.0 Å². The third-order valence-electron chi connectivity index (χ3n) is 4.50.